The Morgan fingerprint density at radius 2 is 1.77 bits per heavy atom. The number of aromatic amines is 1. The maximum absolute atomic E-state index is 5.14. The standard InChI is InChI=1S/C30H27N9/c1-18-3-5-23(24-15-34-35-28(18)24)27-29(19-7-10-31-11-8-19)36-39-25(9-12-32-30(27)39)20-4-6-26(33-14-20)38-17-21-13-22(38)16-37(21)2/h3-12,14-15,21-22H,13,16-17H2,1-2H3,(H,34,35)/t21-,22-/m1/s1. The molecule has 0 radical (unpaired) electrons. The van der Waals surface area contributed by atoms with E-state index in [1.54, 1.807) is 12.4 Å². The van der Waals surface area contributed by atoms with E-state index in [0.717, 1.165) is 74.7 Å². The zero-order valence-electron chi connectivity index (χ0n) is 21.8. The number of anilines is 1. The molecule has 2 aliphatic rings. The minimum absolute atomic E-state index is 0.553. The second-order valence-corrected chi connectivity index (χ2v) is 10.7. The van der Waals surface area contributed by atoms with Crippen molar-refractivity contribution in [3.63, 3.8) is 0 Å². The lowest BCUT2D eigenvalue weighted by Gasteiger charge is -2.32. The average Bonchev–Trinajstić information content (AvgIpc) is 3.77. The van der Waals surface area contributed by atoms with E-state index in [1.807, 2.05) is 41.3 Å². The van der Waals surface area contributed by atoms with Gasteiger partial charge in [0.25, 0.3) is 0 Å². The fourth-order valence-electron chi connectivity index (χ4n) is 6.37. The van der Waals surface area contributed by atoms with Crippen LogP contribution in [0, 0.1) is 6.92 Å². The van der Waals surface area contributed by atoms with Gasteiger partial charge in [0.05, 0.1) is 23.0 Å². The summed E-state index contributed by atoms with van der Waals surface area (Å²) in [5, 5.41) is 13.7. The van der Waals surface area contributed by atoms with Gasteiger partial charge < -0.3 is 4.90 Å². The Morgan fingerprint density at radius 3 is 2.54 bits per heavy atom. The third kappa shape index (κ3) is 3.39. The van der Waals surface area contributed by atoms with Gasteiger partial charge in [-0.25, -0.2) is 14.5 Å². The number of hydrogen-bond donors (Lipinski definition) is 1. The summed E-state index contributed by atoms with van der Waals surface area (Å²) in [7, 11) is 2.22. The third-order valence-corrected chi connectivity index (χ3v) is 8.42. The van der Waals surface area contributed by atoms with E-state index in [-0.39, 0.29) is 0 Å². The Morgan fingerprint density at radius 1 is 0.872 bits per heavy atom. The molecule has 2 aliphatic heterocycles. The van der Waals surface area contributed by atoms with Crippen molar-refractivity contribution in [3.8, 4) is 33.6 Å². The van der Waals surface area contributed by atoms with Crippen molar-refractivity contribution < 1.29 is 0 Å². The molecule has 192 valence electrons. The van der Waals surface area contributed by atoms with E-state index in [2.05, 4.69) is 63.2 Å². The molecule has 0 amide bonds. The molecule has 1 N–H and O–H groups in total. The van der Waals surface area contributed by atoms with E-state index in [0.29, 0.717) is 12.1 Å². The first kappa shape index (κ1) is 22.4. The molecule has 5 aromatic heterocycles. The number of rotatable bonds is 4. The fraction of sp³-hybridized carbons (Fsp3) is 0.233. The molecule has 0 aliphatic carbocycles. The number of benzene rings is 1. The number of nitrogens with zero attached hydrogens (tertiary/aromatic N) is 8. The fourth-order valence-corrected chi connectivity index (χ4v) is 6.37. The van der Waals surface area contributed by atoms with Crippen LogP contribution in [0.1, 0.15) is 12.0 Å². The normalized spacial score (nSPS) is 19.1. The summed E-state index contributed by atoms with van der Waals surface area (Å²) >= 11 is 0. The van der Waals surface area contributed by atoms with Gasteiger partial charge in [-0.3, -0.25) is 15.0 Å². The second-order valence-electron chi connectivity index (χ2n) is 10.7. The Hall–Kier alpha value is -4.63. The van der Waals surface area contributed by atoms with Crippen LogP contribution in [0.2, 0.25) is 0 Å². The molecule has 2 bridgehead atoms. The first-order valence-corrected chi connectivity index (χ1v) is 13.3. The molecule has 9 nitrogen and oxygen atoms in total. The second kappa shape index (κ2) is 8.44. The van der Waals surface area contributed by atoms with Gasteiger partial charge in [-0.15, -0.1) is 0 Å². The van der Waals surface area contributed by atoms with Gasteiger partial charge >= 0.3 is 0 Å². The maximum atomic E-state index is 5.14. The highest BCUT2D eigenvalue weighted by molar-refractivity contribution is 6.03. The number of hydrogen-bond acceptors (Lipinski definition) is 7. The Labute approximate surface area is 225 Å². The Kier molecular flexibility index (Phi) is 4.84. The van der Waals surface area contributed by atoms with Crippen molar-refractivity contribution >= 4 is 22.4 Å². The lowest BCUT2D eigenvalue weighted by molar-refractivity contribution is 0.292. The quantitative estimate of drug-likeness (QED) is 0.368. The number of likely N-dealkylation sites (tertiary alicyclic amines) is 1. The van der Waals surface area contributed by atoms with Crippen molar-refractivity contribution in [1.29, 1.82) is 0 Å². The number of nitrogens with one attached hydrogen (secondary N) is 1. The topological polar surface area (TPSA) is 91.1 Å². The summed E-state index contributed by atoms with van der Waals surface area (Å²) < 4.78 is 1.94. The molecule has 2 fully saturated rings. The highest BCUT2D eigenvalue weighted by Crippen LogP contribution is 2.40. The highest BCUT2D eigenvalue weighted by atomic mass is 15.4. The summed E-state index contributed by atoms with van der Waals surface area (Å²) in [6, 6.07) is 15.7. The molecule has 2 saturated heterocycles. The van der Waals surface area contributed by atoms with E-state index in [4.69, 9.17) is 15.1 Å². The van der Waals surface area contributed by atoms with Crippen LogP contribution < -0.4 is 4.90 Å². The summed E-state index contributed by atoms with van der Waals surface area (Å²) in [6.07, 6.45) is 10.5. The van der Waals surface area contributed by atoms with Crippen LogP contribution in [0.15, 0.2) is 73.4 Å². The molecule has 9 heteroatoms. The van der Waals surface area contributed by atoms with Crippen molar-refractivity contribution in [3.05, 3.63) is 79.0 Å². The van der Waals surface area contributed by atoms with Gasteiger partial charge in [0.1, 0.15) is 11.5 Å². The van der Waals surface area contributed by atoms with Crippen LogP contribution in [0.3, 0.4) is 0 Å². The van der Waals surface area contributed by atoms with E-state index in [9.17, 15) is 0 Å². The van der Waals surface area contributed by atoms with Gasteiger partial charge in [0, 0.05) is 66.5 Å². The number of H-pyrrole nitrogens is 1. The van der Waals surface area contributed by atoms with Crippen LogP contribution in [-0.4, -0.2) is 71.9 Å². The first-order valence-electron chi connectivity index (χ1n) is 13.3. The van der Waals surface area contributed by atoms with Crippen molar-refractivity contribution in [2.24, 2.45) is 0 Å². The van der Waals surface area contributed by atoms with Gasteiger partial charge in [-0.1, -0.05) is 12.1 Å². The van der Waals surface area contributed by atoms with Gasteiger partial charge in [-0.2, -0.15) is 10.2 Å². The molecule has 0 saturated carbocycles. The van der Waals surface area contributed by atoms with E-state index >= 15 is 0 Å². The first-order chi connectivity index (χ1) is 19.2. The predicted molar refractivity (Wildman–Crippen MR) is 151 cm³/mol. The zero-order valence-corrected chi connectivity index (χ0v) is 21.8. The predicted octanol–water partition coefficient (Wildman–Crippen LogP) is 4.60. The Balaban J connectivity index is 1.29. The molecule has 2 atom stereocenters. The Bertz CT molecular complexity index is 1840. The van der Waals surface area contributed by atoms with Crippen molar-refractivity contribution in [2.45, 2.75) is 25.4 Å². The third-order valence-electron chi connectivity index (χ3n) is 8.42. The van der Waals surface area contributed by atoms with Gasteiger partial charge in [0.15, 0.2) is 5.65 Å². The minimum Gasteiger partial charge on any atom is -0.351 e. The lowest BCUT2D eigenvalue weighted by atomic mass is 9.97. The summed E-state index contributed by atoms with van der Waals surface area (Å²) in [5.74, 6) is 1.05. The van der Waals surface area contributed by atoms with Crippen molar-refractivity contribution in [1.82, 2.24) is 39.7 Å². The summed E-state index contributed by atoms with van der Waals surface area (Å²) in [5.41, 5.74) is 8.74. The molecular weight excluding hydrogens is 486 g/mol. The average molecular weight is 514 g/mol. The van der Waals surface area contributed by atoms with Crippen LogP contribution in [-0.2, 0) is 0 Å². The maximum Gasteiger partial charge on any atom is 0.164 e. The molecular formula is C30H27N9. The highest BCUT2D eigenvalue weighted by Gasteiger charge is 2.41. The van der Waals surface area contributed by atoms with Crippen LogP contribution in [0.5, 0.6) is 0 Å². The molecule has 0 spiro atoms. The minimum atomic E-state index is 0.553. The molecule has 7 heterocycles. The lowest BCUT2D eigenvalue weighted by Crippen LogP contribution is -2.44. The number of fused-ring (bicyclic) bond motifs is 4. The van der Waals surface area contributed by atoms with Crippen LogP contribution in [0.4, 0.5) is 5.82 Å². The van der Waals surface area contributed by atoms with Crippen molar-refractivity contribution in [2.75, 3.05) is 25.0 Å². The number of aromatic nitrogens is 7. The molecule has 6 aromatic rings. The number of pyridine rings is 2. The molecule has 8 rings (SSSR count). The summed E-state index contributed by atoms with van der Waals surface area (Å²) in [6.45, 7) is 4.24. The molecule has 1 aromatic carbocycles. The van der Waals surface area contributed by atoms with E-state index in [1.165, 1.54) is 6.42 Å². The largest absolute Gasteiger partial charge is 0.351 e. The zero-order chi connectivity index (χ0) is 26.1. The molecule has 0 unspecified atom stereocenters. The van der Waals surface area contributed by atoms with Gasteiger partial charge in [-0.05, 0) is 61.9 Å². The summed E-state index contributed by atoms with van der Waals surface area (Å²) in [4.78, 5) is 18.9. The number of aryl methyl sites for hydroxylation is 1. The SMILES string of the molecule is Cc1ccc(-c2c(-c3ccncc3)nn3c(-c4ccc(N5C[C@H]6C[C@@H]5CN6C)nc4)ccnc23)c2cn[nH]c12. The van der Waals surface area contributed by atoms with Crippen LogP contribution >= 0.6 is 0 Å². The number of piperazine rings is 1. The molecule has 39 heavy (non-hydrogen) atoms. The number of likely N-dealkylation sites (N-methyl/N-ethyl adjacent to an activating group) is 1. The van der Waals surface area contributed by atoms with Gasteiger partial charge in [0.2, 0.25) is 0 Å². The van der Waals surface area contributed by atoms with Crippen LogP contribution in [0.25, 0.3) is 50.2 Å². The van der Waals surface area contributed by atoms with E-state index < -0.39 is 0 Å². The monoisotopic (exact) mass is 513 g/mol. The smallest absolute Gasteiger partial charge is 0.164 e.